The molecule has 2 aromatic carbocycles. The smallest absolute Gasteiger partial charge is 0.260 e. The molecule has 0 atom stereocenters. The summed E-state index contributed by atoms with van der Waals surface area (Å²) >= 11 is 1.49. The lowest BCUT2D eigenvalue weighted by molar-refractivity contribution is -0.121. The molecule has 3 heterocycles. The fourth-order valence-corrected chi connectivity index (χ4v) is 5.41. The Morgan fingerprint density at radius 2 is 1.82 bits per heavy atom. The van der Waals surface area contributed by atoms with Gasteiger partial charge in [0.05, 0.1) is 29.1 Å². The molecule has 2 saturated heterocycles. The number of benzene rings is 2. The fourth-order valence-electron chi connectivity index (χ4n) is 4.34. The van der Waals surface area contributed by atoms with Crippen LogP contribution in [0.2, 0.25) is 0 Å². The second-order valence-corrected chi connectivity index (χ2v) is 9.51. The van der Waals surface area contributed by atoms with Gasteiger partial charge in [-0.1, -0.05) is 29.5 Å². The van der Waals surface area contributed by atoms with E-state index >= 15 is 0 Å². The van der Waals surface area contributed by atoms with Gasteiger partial charge in [0.25, 0.3) is 5.91 Å². The average molecular weight is 479 g/mol. The largest absolute Gasteiger partial charge is 0.379 e. The van der Waals surface area contributed by atoms with Crippen molar-refractivity contribution >= 4 is 50.1 Å². The summed E-state index contributed by atoms with van der Waals surface area (Å²) in [5.74, 6) is -0.674. The van der Waals surface area contributed by atoms with Gasteiger partial charge in [0.2, 0.25) is 11.8 Å². The van der Waals surface area contributed by atoms with E-state index in [0.29, 0.717) is 42.7 Å². The zero-order valence-corrected chi connectivity index (χ0v) is 19.8. The minimum atomic E-state index is -0.236. The predicted octanol–water partition coefficient (Wildman–Crippen LogP) is 3.24. The maximum atomic E-state index is 13.8. The molecule has 34 heavy (non-hydrogen) atoms. The maximum absolute atomic E-state index is 13.8. The number of aromatic nitrogens is 1. The van der Waals surface area contributed by atoms with E-state index in [1.165, 1.54) is 16.2 Å². The van der Waals surface area contributed by atoms with Crippen LogP contribution < -0.4 is 9.80 Å². The fraction of sp³-hybridized carbons (Fsp3) is 0.360. The van der Waals surface area contributed by atoms with Crippen molar-refractivity contribution < 1.29 is 19.1 Å². The number of fused-ring (bicyclic) bond motifs is 1. The molecular weight excluding hydrogens is 452 g/mol. The van der Waals surface area contributed by atoms with Crippen LogP contribution >= 0.6 is 11.3 Å². The summed E-state index contributed by atoms with van der Waals surface area (Å²) in [5.41, 5.74) is 2.82. The molecule has 9 heteroatoms. The first-order valence-corrected chi connectivity index (χ1v) is 12.3. The number of carbonyl (C=O) groups is 3. The normalized spacial score (nSPS) is 17.0. The quantitative estimate of drug-likeness (QED) is 0.506. The van der Waals surface area contributed by atoms with Crippen LogP contribution in [-0.4, -0.2) is 67.0 Å². The monoisotopic (exact) mass is 478 g/mol. The number of anilines is 2. The third kappa shape index (κ3) is 4.46. The van der Waals surface area contributed by atoms with E-state index < -0.39 is 0 Å². The average Bonchev–Trinajstić information content (AvgIpc) is 3.43. The molecule has 5 rings (SSSR count). The van der Waals surface area contributed by atoms with Crippen LogP contribution in [0.4, 0.5) is 10.8 Å². The second kappa shape index (κ2) is 9.61. The van der Waals surface area contributed by atoms with Crippen molar-refractivity contribution in [1.29, 1.82) is 0 Å². The minimum Gasteiger partial charge on any atom is -0.379 e. The van der Waals surface area contributed by atoms with Gasteiger partial charge in [-0.3, -0.25) is 29.1 Å². The Morgan fingerprint density at radius 1 is 1.09 bits per heavy atom. The number of hydrogen-bond donors (Lipinski definition) is 0. The number of hydrogen-bond acceptors (Lipinski definition) is 7. The third-order valence-corrected chi connectivity index (χ3v) is 7.28. The van der Waals surface area contributed by atoms with Crippen LogP contribution in [0, 0.1) is 6.92 Å². The Balaban J connectivity index is 1.47. The summed E-state index contributed by atoms with van der Waals surface area (Å²) in [5, 5.41) is 0.640. The Morgan fingerprint density at radius 3 is 2.56 bits per heavy atom. The molecular formula is C25H26N4O4S. The predicted molar refractivity (Wildman–Crippen MR) is 131 cm³/mol. The Bertz CT molecular complexity index is 1230. The Hall–Kier alpha value is -3.14. The SMILES string of the molecule is Cc1cccc2sc(N(CCN3CCOCC3)C(=O)c3cccc(N4C(=O)CCC4=O)c3)nc12. The van der Waals surface area contributed by atoms with Gasteiger partial charge >= 0.3 is 0 Å². The Kier molecular flexibility index (Phi) is 6.40. The van der Waals surface area contributed by atoms with E-state index in [9.17, 15) is 14.4 Å². The lowest BCUT2D eigenvalue weighted by Gasteiger charge is -2.29. The van der Waals surface area contributed by atoms with Crippen LogP contribution in [0.15, 0.2) is 42.5 Å². The molecule has 3 amide bonds. The molecule has 0 spiro atoms. The first kappa shape index (κ1) is 22.6. The van der Waals surface area contributed by atoms with Crippen LogP contribution in [0.25, 0.3) is 10.2 Å². The number of thiazole rings is 1. The maximum Gasteiger partial charge on any atom is 0.260 e. The van der Waals surface area contributed by atoms with Gasteiger partial charge in [0, 0.05) is 44.6 Å². The van der Waals surface area contributed by atoms with Crippen molar-refractivity contribution in [1.82, 2.24) is 9.88 Å². The minimum absolute atomic E-state index is 0.202. The van der Waals surface area contributed by atoms with Gasteiger partial charge in [-0.25, -0.2) is 4.98 Å². The molecule has 0 saturated carbocycles. The highest BCUT2D eigenvalue weighted by Gasteiger charge is 2.31. The van der Waals surface area contributed by atoms with Crippen LogP contribution in [0.3, 0.4) is 0 Å². The molecule has 0 aliphatic carbocycles. The van der Waals surface area contributed by atoms with Crippen LogP contribution in [0.1, 0.15) is 28.8 Å². The van der Waals surface area contributed by atoms with Crippen molar-refractivity contribution in [3.8, 4) is 0 Å². The van der Waals surface area contributed by atoms with E-state index in [1.807, 2.05) is 25.1 Å². The molecule has 2 fully saturated rings. The number of para-hydroxylation sites is 1. The van der Waals surface area contributed by atoms with Crippen molar-refractivity contribution in [2.75, 3.05) is 49.2 Å². The van der Waals surface area contributed by atoms with Crippen molar-refractivity contribution in [2.45, 2.75) is 19.8 Å². The van der Waals surface area contributed by atoms with E-state index in [1.54, 1.807) is 29.2 Å². The summed E-state index contributed by atoms with van der Waals surface area (Å²) < 4.78 is 6.48. The molecule has 0 bridgehead atoms. The zero-order chi connectivity index (χ0) is 23.7. The van der Waals surface area contributed by atoms with Crippen molar-refractivity contribution in [3.05, 3.63) is 53.6 Å². The van der Waals surface area contributed by atoms with Crippen LogP contribution in [-0.2, 0) is 14.3 Å². The first-order chi connectivity index (χ1) is 16.5. The van der Waals surface area contributed by atoms with Gasteiger partial charge in [0.15, 0.2) is 5.13 Å². The Labute approximate surface area is 201 Å². The summed E-state index contributed by atoms with van der Waals surface area (Å²) in [6.07, 6.45) is 0.404. The highest BCUT2D eigenvalue weighted by atomic mass is 32.1. The van der Waals surface area contributed by atoms with Gasteiger partial charge in [-0.15, -0.1) is 0 Å². The highest BCUT2D eigenvalue weighted by molar-refractivity contribution is 7.22. The molecule has 0 unspecified atom stereocenters. The number of imide groups is 1. The van der Waals surface area contributed by atoms with E-state index in [4.69, 9.17) is 9.72 Å². The first-order valence-electron chi connectivity index (χ1n) is 11.5. The lowest BCUT2D eigenvalue weighted by Crippen LogP contribution is -2.43. The molecule has 176 valence electrons. The third-order valence-electron chi connectivity index (χ3n) is 6.23. The number of morpholine rings is 1. The van der Waals surface area contributed by atoms with E-state index in [2.05, 4.69) is 4.90 Å². The number of rotatable bonds is 6. The topological polar surface area (TPSA) is 83.0 Å². The van der Waals surface area contributed by atoms with Crippen molar-refractivity contribution in [3.63, 3.8) is 0 Å². The van der Waals surface area contributed by atoms with E-state index in [0.717, 1.165) is 28.9 Å². The number of aryl methyl sites for hydroxylation is 1. The van der Waals surface area contributed by atoms with Crippen molar-refractivity contribution in [2.24, 2.45) is 0 Å². The highest BCUT2D eigenvalue weighted by Crippen LogP contribution is 2.32. The standard InChI is InChI=1S/C25H26N4O4S/c1-17-4-2-7-20-23(17)26-25(34-20)28(11-10-27-12-14-33-15-13-27)24(32)18-5-3-6-19(16-18)29-21(30)8-9-22(29)31/h2-7,16H,8-15H2,1H3. The summed E-state index contributed by atoms with van der Waals surface area (Å²) in [4.78, 5) is 48.2. The molecule has 0 radical (unpaired) electrons. The van der Waals surface area contributed by atoms with Gasteiger partial charge < -0.3 is 4.74 Å². The second-order valence-electron chi connectivity index (χ2n) is 8.50. The number of nitrogens with zero attached hydrogens (tertiary/aromatic N) is 4. The molecule has 2 aliphatic rings. The summed E-state index contributed by atoms with van der Waals surface area (Å²) in [6.45, 7) is 6.23. The molecule has 1 aromatic heterocycles. The van der Waals surface area contributed by atoms with E-state index in [-0.39, 0.29) is 30.6 Å². The number of ether oxygens (including phenoxy) is 1. The summed E-state index contributed by atoms with van der Waals surface area (Å²) in [7, 11) is 0. The molecule has 2 aliphatic heterocycles. The molecule has 8 nitrogen and oxygen atoms in total. The number of carbonyl (C=O) groups excluding carboxylic acids is 3. The van der Waals surface area contributed by atoms with Crippen LogP contribution in [0.5, 0.6) is 0 Å². The van der Waals surface area contributed by atoms with Gasteiger partial charge in [-0.2, -0.15) is 0 Å². The van der Waals surface area contributed by atoms with Gasteiger partial charge in [-0.05, 0) is 36.8 Å². The molecule has 0 N–H and O–H groups in total. The van der Waals surface area contributed by atoms with Gasteiger partial charge in [0.1, 0.15) is 0 Å². The number of amides is 3. The zero-order valence-electron chi connectivity index (χ0n) is 19.0. The molecule has 3 aromatic rings. The lowest BCUT2D eigenvalue weighted by atomic mass is 10.1. The summed E-state index contributed by atoms with van der Waals surface area (Å²) in [6, 6.07) is 12.8.